The van der Waals surface area contributed by atoms with Crippen molar-refractivity contribution in [1.82, 2.24) is 19.8 Å². The quantitative estimate of drug-likeness (QED) is 0.589. The summed E-state index contributed by atoms with van der Waals surface area (Å²) >= 11 is 1.26. The fourth-order valence-corrected chi connectivity index (χ4v) is 6.19. The van der Waals surface area contributed by atoms with Gasteiger partial charge in [0, 0.05) is 37.9 Å². The molecule has 1 saturated carbocycles. The number of fused-ring (bicyclic) bond motifs is 1. The van der Waals surface area contributed by atoms with E-state index in [0.29, 0.717) is 33.7 Å². The second-order valence-electron chi connectivity index (χ2n) is 9.47. The first-order chi connectivity index (χ1) is 16.9. The second-order valence-corrected chi connectivity index (χ2v) is 10.5. The summed E-state index contributed by atoms with van der Waals surface area (Å²) in [4.78, 5) is 49.2. The summed E-state index contributed by atoms with van der Waals surface area (Å²) < 4.78 is 1.39. The molecule has 9 heteroatoms. The zero-order valence-corrected chi connectivity index (χ0v) is 21.0. The summed E-state index contributed by atoms with van der Waals surface area (Å²) in [5.74, 6) is -0.225. The van der Waals surface area contributed by atoms with Crippen molar-refractivity contribution in [3.05, 3.63) is 57.5 Å². The normalized spacial score (nSPS) is 17.7. The van der Waals surface area contributed by atoms with E-state index >= 15 is 0 Å². The van der Waals surface area contributed by atoms with Gasteiger partial charge in [0.1, 0.15) is 10.9 Å². The van der Waals surface area contributed by atoms with E-state index < -0.39 is 6.04 Å². The SMILES string of the molecule is Cc1c(C(=O)N2CCN(c3ccccc3)CC2)sc2ncn(C(C)C(=O)NC3CCCC3)c(=O)c12. The lowest BCUT2D eigenvalue weighted by Gasteiger charge is -2.36. The molecule has 2 amide bonds. The van der Waals surface area contributed by atoms with Crippen molar-refractivity contribution in [2.75, 3.05) is 31.1 Å². The molecule has 0 radical (unpaired) electrons. The minimum atomic E-state index is -0.662. The Labute approximate surface area is 208 Å². The van der Waals surface area contributed by atoms with Crippen molar-refractivity contribution >= 4 is 39.1 Å². The van der Waals surface area contributed by atoms with Crippen LogP contribution in [0.1, 0.15) is 53.9 Å². The predicted octanol–water partition coefficient (Wildman–Crippen LogP) is 3.35. The third kappa shape index (κ3) is 4.57. The van der Waals surface area contributed by atoms with Crippen molar-refractivity contribution in [2.45, 2.75) is 51.6 Å². The van der Waals surface area contributed by atoms with Crippen LogP contribution in [0.5, 0.6) is 0 Å². The predicted molar refractivity (Wildman–Crippen MR) is 138 cm³/mol. The Kier molecular flexibility index (Phi) is 6.60. The van der Waals surface area contributed by atoms with Crippen LogP contribution in [-0.4, -0.2) is 58.5 Å². The minimum absolute atomic E-state index is 0.0591. The molecule has 1 aliphatic heterocycles. The minimum Gasteiger partial charge on any atom is -0.368 e. The first-order valence-electron chi connectivity index (χ1n) is 12.3. The summed E-state index contributed by atoms with van der Waals surface area (Å²) in [6, 6.07) is 9.73. The maximum atomic E-state index is 13.4. The molecule has 0 bridgehead atoms. The lowest BCUT2D eigenvalue weighted by atomic mass is 10.1. The molecule has 35 heavy (non-hydrogen) atoms. The maximum Gasteiger partial charge on any atom is 0.264 e. The zero-order valence-electron chi connectivity index (χ0n) is 20.2. The number of carbonyl (C=O) groups excluding carboxylic acids is 2. The average molecular weight is 494 g/mol. The van der Waals surface area contributed by atoms with Crippen LogP contribution in [0, 0.1) is 6.92 Å². The van der Waals surface area contributed by atoms with Crippen LogP contribution in [-0.2, 0) is 4.79 Å². The monoisotopic (exact) mass is 493 g/mol. The number of amides is 2. The van der Waals surface area contributed by atoms with Crippen LogP contribution >= 0.6 is 11.3 Å². The lowest BCUT2D eigenvalue weighted by molar-refractivity contribution is -0.124. The smallest absolute Gasteiger partial charge is 0.264 e. The molecule has 1 aromatic carbocycles. The van der Waals surface area contributed by atoms with Gasteiger partial charge in [-0.2, -0.15) is 0 Å². The van der Waals surface area contributed by atoms with Gasteiger partial charge in [0.25, 0.3) is 11.5 Å². The fourth-order valence-electron chi connectivity index (χ4n) is 5.09. The number of hydrogen-bond acceptors (Lipinski definition) is 6. The molecule has 2 fully saturated rings. The van der Waals surface area contributed by atoms with Gasteiger partial charge in [0.15, 0.2) is 0 Å². The Morgan fingerprint density at radius 3 is 2.46 bits per heavy atom. The van der Waals surface area contributed by atoms with Gasteiger partial charge >= 0.3 is 0 Å². The Balaban J connectivity index is 1.34. The third-order valence-electron chi connectivity index (χ3n) is 7.26. The average Bonchev–Trinajstić information content (AvgIpc) is 3.52. The van der Waals surface area contributed by atoms with E-state index in [0.717, 1.165) is 44.5 Å². The van der Waals surface area contributed by atoms with E-state index in [2.05, 4.69) is 27.3 Å². The van der Waals surface area contributed by atoms with Gasteiger partial charge in [-0.15, -0.1) is 11.3 Å². The highest BCUT2D eigenvalue weighted by Crippen LogP contribution is 2.29. The second kappa shape index (κ2) is 9.81. The number of carbonyl (C=O) groups is 2. The number of rotatable bonds is 5. The molecule has 0 spiro atoms. The Morgan fingerprint density at radius 2 is 1.77 bits per heavy atom. The van der Waals surface area contributed by atoms with Crippen LogP contribution < -0.4 is 15.8 Å². The van der Waals surface area contributed by atoms with E-state index in [1.807, 2.05) is 30.0 Å². The summed E-state index contributed by atoms with van der Waals surface area (Å²) in [7, 11) is 0. The van der Waals surface area contributed by atoms with Crippen LogP contribution in [0.15, 0.2) is 41.5 Å². The number of hydrogen-bond donors (Lipinski definition) is 1. The number of nitrogens with one attached hydrogen (secondary N) is 1. The van der Waals surface area contributed by atoms with E-state index in [4.69, 9.17) is 0 Å². The van der Waals surface area contributed by atoms with Crippen LogP contribution in [0.3, 0.4) is 0 Å². The number of piperazine rings is 1. The van der Waals surface area contributed by atoms with E-state index in [9.17, 15) is 14.4 Å². The van der Waals surface area contributed by atoms with Crippen molar-refractivity contribution in [3.8, 4) is 0 Å². The van der Waals surface area contributed by atoms with Gasteiger partial charge in [-0.3, -0.25) is 19.0 Å². The van der Waals surface area contributed by atoms with Gasteiger partial charge in [0.05, 0.1) is 16.6 Å². The summed E-state index contributed by atoms with van der Waals surface area (Å²) in [5, 5.41) is 3.49. The summed E-state index contributed by atoms with van der Waals surface area (Å²) in [5.41, 5.74) is 1.54. The molecule has 1 aliphatic carbocycles. The number of aromatic nitrogens is 2. The number of aryl methyl sites for hydroxylation is 1. The molecule has 1 N–H and O–H groups in total. The van der Waals surface area contributed by atoms with Crippen molar-refractivity contribution < 1.29 is 9.59 Å². The van der Waals surface area contributed by atoms with Crippen LogP contribution in [0.2, 0.25) is 0 Å². The molecular weight excluding hydrogens is 462 g/mol. The van der Waals surface area contributed by atoms with Gasteiger partial charge in [-0.25, -0.2) is 4.98 Å². The molecule has 1 atom stereocenters. The molecule has 184 valence electrons. The molecular formula is C26H31N5O3S. The molecule has 2 aromatic heterocycles. The topological polar surface area (TPSA) is 87.5 Å². The summed E-state index contributed by atoms with van der Waals surface area (Å²) in [6.07, 6.45) is 5.66. The molecule has 2 aliphatic rings. The highest BCUT2D eigenvalue weighted by Gasteiger charge is 2.28. The Bertz CT molecular complexity index is 1290. The molecule has 3 aromatic rings. The Morgan fingerprint density at radius 1 is 1.09 bits per heavy atom. The van der Waals surface area contributed by atoms with Crippen molar-refractivity contribution in [1.29, 1.82) is 0 Å². The van der Waals surface area contributed by atoms with Crippen molar-refractivity contribution in [2.24, 2.45) is 0 Å². The summed E-state index contributed by atoms with van der Waals surface area (Å²) in [6.45, 7) is 6.30. The van der Waals surface area contributed by atoms with E-state index in [1.165, 1.54) is 22.2 Å². The molecule has 1 saturated heterocycles. The number of benzene rings is 1. The lowest BCUT2D eigenvalue weighted by Crippen LogP contribution is -2.48. The Hall–Kier alpha value is -3.20. The van der Waals surface area contributed by atoms with Gasteiger partial charge in [-0.1, -0.05) is 31.0 Å². The highest BCUT2D eigenvalue weighted by atomic mass is 32.1. The standard InChI is InChI=1S/C26H31N5O3S/c1-17-21-24(27-16-31(25(21)33)18(2)23(32)28-19-8-6-7-9-19)35-22(17)26(34)30-14-12-29(13-15-30)20-10-4-3-5-11-20/h3-5,10-11,16,18-19H,6-9,12-15H2,1-2H3,(H,28,32). The van der Waals surface area contributed by atoms with E-state index in [-0.39, 0.29) is 23.4 Å². The molecule has 1 unspecified atom stereocenters. The molecule has 3 heterocycles. The third-order valence-corrected chi connectivity index (χ3v) is 8.44. The number of anilines is 1. The van der Waals surface area contributed by atoms with Gasteiger partial charge < -0.3 is 15.1 Å². The number of nitrogens with zero attached hydrogens (tertiary/aromatic N) is 4. The van der Waals surface area contributed by atoms with Crippen LogP contribution in [0.25, 0.3) is 10.2 Å². The van der Waals surface area contributed by atoms with Crippen LogP contribution in [0.4, 0.5) is 5.69 Å². The first-order valence-corrected chi connectivity index (χ1v) is 13.2. The fraction of sp³-hybridized carbons (Fsp3) is 0.462. The molecule has 5 rings (SSSR count). The maximum absolute atomic E-state index is 13.4. The molecule has 8 nitrogen and oxygen atoms in total. The first kappa shape index (κ1) is 23.5. The number of para-hydroxylation sites is 1. The van der Waals surface area contributed by atoms with Crippen molar-refractivity contribution in [3.63, 3.8) is 0 Å². The number of thiophene rings is 1. The largest absolute Gasteiger partial charge is 0.368 e. The zero-order chi connectivity index (χ0) is 24.5. The van der Waals surface area contributed by atoms with Gasteiger partial charge in [-0.05, 0) is 44.4 Å². The van der Waals surface area contributed by atoms with Gasteiger partial charge in [0.2, 0.25) is 5.91 Å². The highest BCUT2D eigenvalue weighted by molar-refractivity contribution is 7.20. The van der Waals surface area contributed by atoms with E-state index in [1.54, 1.807) is 6.92 Å².